The van der Waals surface area contributed by atoms with E-state index in [-0.39, 0.29) is 16.7 Å². The molecule has 0 aliphatic rings. The van der Waals surface area contributed by atoms with Crippen LogP contribution in [-0.4, -0.2) is 37.5 Å². The predicted molar refractivity (Wildman–Crippen MR) is 120 cm³/mol. The lowest BCUT2D eigenvalue weighted by molar-refractivity contribution is -0.120. The van der Waals surface area contributed by atoms with Gasteiger partial charge in [0.1, 0.15) is 10.7 Å². The molecule has 0 aliphatic heterocycles. The minimum Gasteiger partial charge on any atom is -0.355 e. The molecule has 0 aliphatic carbocycles. The number of thiophene rings is 1. The minimum atomic E-state index is -0.225. The van der Waals surface area contributed by atoms with Crippen molar-refractivity contribution in [3.8, 4) is 0 Å². The Morgan fingerprint density at radius 2 is 2.10 bits per heavy atom. The summed E-state index contributed by atoms with van der Waals surface area (Å²) >= 11 is 3.00. The monoisotopic (exact) mass is 433 g/mol. The van der Waals surface area contributed by atoms with E-state index in [0.29, 0.717) is 23.5 Å². The van der Waals surface area contributed by atoms with Gasteiger partial charge in [-0.15, -0.1) is 23.1 Å². The van der Waals surface area contributed by atoms with E-state index in [1.54, 1.807) is 0 Å². The third kappa shape index (κ3) is 5.08. The number of nitrogens with one attached hydrogen (secondary N) is 2. The van der Waals surface area contributed by atoms with Gasteiger partial charge in [0.2, 0.25) is 5.91 Å². The van der Waals surface area contributed by atoms with Crippen LogP contribution in [0, 0.1) is 27.7 Å². The highest BCUT2D eigenvalue weighted by Gasteiger charge is 2.16. The standard InChI is InChI=1S/C20H27N5O2S2/c1-11-9-12(2)25(24-11)8-6-7-21-18(26)15(5)28-10-16-22-19(27)17-13(3)14(4)29-20(17)23-16/h9,15H,6-8,10H2,1-5H3,(H,21,26)(H,22,23,27)/t15-/m0/s1. The zero-order chi connectivity index (χ0) is 21.1. The second-order valence-corrected chi connectivity index (χ2v) is 9.76. The first-order chi connectivity index (χ1) is 13.8. The summed E-state index contributed by atoms with van der Waals surface area (Å²) in [5.41, 5.74) is 3.03. The number of aromatic amines is 1. The van der Waals surface area contributed by atoms with Gasteiger partial charge in [0.25, 0.3) is 5.56 Å². The number of rotatable bonds is 8. The van der Waals surface area contributed by atoms with E-state index in [1.807, 2.05) is 45.4 Å². The minimum absolute atomic E-state index is 0.00500. The van der Waals surface area contributed by atoms with Gasteiger partial charge in [-0.25, -0.2) is 4.98 Å². The first-order valence-electron chi connectivity index (χ1n) is 9.65. The Balaban J connectivity index is 1.48. The lowest BCUT2D eigenvalue weighted by Crippen LogP contribution is -2.32. The molecule has 7 nitrogen and oxygen atoms in total. The Hall–Kier alpha value is -2.13. The summed E-state index contributed by atoms with van der Waals surface area (Å²) in [6.45, 7) is 11.2. The first-order valence-corrected chi connectivity index (χ1v) is 11.5. The van der Waals surface area contributed by atoms with Gasteiger partial charge in [-0.05, 0) is 52.7 Å². The van der Waals surface area contributed by atoms with Crippen molar-refractivity contribution < 1.29 is 4.79 Å². The van der Waals surface area contributed by atoms with Crippen molar-refractivity contribution in [3.63, 3.8) is 0 Å². The second-order valence-electron chi connectivity index (χ2n) is 7.22. The van der Waals surface area contributed by atoms with Gasteiger partial charge in [-0.2, -0.15) is 5.10 Å². The molecule has 0 radical (unpaired) electrons. The van der Waals surface area contributed by atoms with Crippen molar-refractivity contribution in [2.24, 2.45) is 0 Å². The average molecular weight is 434 g/mol. The van der Waals surface area contributed by atoms with E-state index in [4.69, 9.17) is 0 Å². The molecule has 0 saturated heterocycles. The maximum absolute atomic E-state index is 12.3. The quantitative estimate of drug-likeness (QED) is 0.532. The number of aryl methyl sites for hydroxylation is 5. The summed E-state index contributed by atoms with van der Waals surface area (Å²) in [5, 5.41) is 7.85. The lowest BCUT2D eigenvalue weighted by Gasteiger charge is -2.12. The van der Waals surface area contributed by atoms with E-state index in [9.17, 15) is 9.59 Å². The molecular weight excluding hydrogens is 406 g/mol. The third-order valence-corrected chi connectivity index (χ3v) is 7.13. The molecule has 9 heteroatoms. The summed E-state index contributed by atoms with van der Waals surface area (Å²) in [4.78, 5) is 34.0. The molecule has 2 N–H and O–H groups in total. The average Bonchev–Trinajstić information content (AvgIpc) is 3.14. The highest BCUT2D eigenvalue weighted by atomic mass is 32.2. The molecule has 0 unspecified atom stereocenters. The molecule has 0 aromatic carbocycles. The van der Waals surface area contributed by atoms with Crippen LogP contribution < -0.4 is 10.9 Å². The predicted octanol–water partition coefficient (Wildman–Crippen LogP) is 3.24. The van der Waals surface area contributed by atoms with Crippen LogP contribution in [0.25, 0.3) is 10.2 Å². The van der Waals surface area contributed by atoms with E-state index in [1.165, 1.54) is 23.1 Å². The molecule has 3 aromatic rings. The van der Waals surface area contributed by atoms with Gasteiger partial charge in [-0.1, -0.05) is 0 Å². The third-order valence-electron chi connectivity index (χ3n) is 4.88. The van der Waals surface area contributed by atoms with Crippen LogP contribution in [0.4, 0.5) is 0 Å². The van der Waals surface area contributed by atoms with Gasteiger partial charge in [0, 0.05) is 23.7 Å². The molecule has 29 heavy (non-hydrogen) atoms. The van der Waals surface area contributed by atoms with E-state index < -0.39 is 0 Å². The fourth-order valence-corrected chi connectivity index (χ4v) is 4.96. The molecule has 1 atom stereocenters. The van der Waals surface area contributed by atoms with Crippen LogP contribution in [0.2, 0.25) is 0 Å². The second kappa shape index (κ2) is 9.13. The molecule has 0 bridgehead atoms. The molecule has 3 rings (SSSR count). The lowest BCUT2D eigenvalue weighted by atomic mass is 10.2. The molecule has 3 aromatic heterocycles. The summed E-state index contributed by atoms with van der Waals surface area (Å²) in [6, 6.07) is 2.05. The zero-order valence-electron chi connectivity index (χ0n) is 17.5. The van der Waals surface area contributed by atoms with Crippen molar-refractivity contribution >= 4 is 39.2 Å². The van der Waals surface area contributed by atoms with Gasteiger partial charge < -0.3 is 10.3 Å². The summed E-state index contributed by atoms with van der Waals surface area (Å²) in [5.74, 6) is 1.09. The number of hydrogen-bond donors (Lipinski definition) is 2. The smallest absolute Gasteiger partial charge is 0.259 e. The van der Waals surface area contributed by atoms with Crippen molar-refractivity contribution in [2.75, 3.05) is 6.54 Å². The van der Waals surface area contributed by atoms with Crippen molar-refractivity contribution in [2.45, 2.75) is 58.6 Å². The van der Waals surface area contributed by atoms with Crippen LogP contribution in [-0.2, 0) is 17.1 Å². The molecule has 3 heterocycles. The normalized spacial score (nSPS) is 12.4. The maximum atomic E-state index is 12.3. The van der Waals surface area contributed by atoms with Gasteiger partial charge in [-0.3, -0.25) is 14.3 Å². The van der Waals surface area contributed by atoms with Crippen LogP contribution in [0.15, 0.2) is 10.9 Å². The Morgan fingerprint density at radius 1 is 1.34 bits per heavy atom. The van der Waals surface area contributed by atoms with Crippen LogP contribution in [0.1, 0.15) is 41.0 Å². The van der Waals surface area contributed by atoms with Gasteiger partial charge in [0.05, 0.1) is 22.1 Å². The van der Waals surface area contributed by atoms with E-state index in [0.717, 1.165) is 39.6 Å². The summed E-state index contributed by atoms with van der Waals surface area (Å²) < 4.78 is 1.96. The Labute approximate surface area is 178 Å². The van der Waals surface area contributed by atoms with Crippen LogP contribution in [0.3, 0.4) is 0 Å². The molecule has 0 spiro atoms. The van der Waals surface area contributed by atoms with Gasteiger partial charge in [0.15, 0.2) is 0 Å². The molecule has 0 fully saturated rings. The van der Waals surface area contributed by atoms with Crippen molar-refractivity contribution in [1.82, 2.24) is 25.1 Å². The van der Waals surface area contributed by atoms with Crippen LogP contribution >= 0.6 is 23.1 Å². The van der Waals surface area contributed by atoms with Crippen LogP contribution in [0.5, 0.6) is 0 Å². The zero-order valence-corrected chi connectivity index (χ0v) is 19.1. The topological polar surface area (TPSA) is 92.7 Å². The number of thioether (sulfide) groups is 1. The number of H-pyrrole nitrogens is 1. The fourth-order valence-electron chi connectivity index (χ4n) is 3.13. The molecule has 1 amide bonds. The highest BCUT2D eigenvalue weighted by molar-refractivity contribution is 7.99. The number of nitrogens with zero attached hydrogens (tertiary/aromatic N) is 3. The SMILES string of the molecule is Cc1cc(C)n(CCCNC(=O)[C@H](C)SCc2nc3sc(C)c(C)c3c(=O)[nH]2)n1. The van der Waals surface area contributed by atoms with Crippen molar-refractivity contribution in [1.29, 1.82) is 0 Å². The largest absolute Gasteiger partial charge is 0.355 e. The highest BCUT2D eigenvalue weighted by Crippen LogP contribution is 2.26. The Bertz CT molecular complexity index is 1080. The molecule has 156 valence electrons. The first kappa shape index (κ1) is 21.6. The maximum Gasteiger partial charge on any atom is 0.259 e. The van der Waals surface area contributed by atoms with E-state index in [2.05, 4.69) is 20.4 Å². The number of fused-ring (bicyclic) bond motifs is 1. The number of amides is 1. The molecular formula is C20H27N5O2S2. The number of aromatic nitrogens is 4. The number of carbonyl (C=O) groups is 1. The summed E-state index contributed by atoms with van der Waals surface area (Å²) in [6.07, 6.45) is 0.827. The fraction of sp³-hybridized carbons (Fsp3) is 0.500. The Kier molecular flexibility index (Phi) is 6.79. The number of carbonyl (C=O) groups excluding carboxylic acids is 1. The van der Waals surface area contributed by atoms with E-state index >= 15 is 0 Å². The molecule has 0 saturated carbocycles. The van der Waals surface area contributed by atoms with Gasteiger partial charge >= 0.3 is 0 Å². The summed E-state index contributed by atoms with van der Waals surface area (Å²) in [7, 11) is 0. The Morgan fingerprint density at radius 3 is 2.79 bits per heavy atom. The number of hydrogen-bond acceptors (Lipinski definition) is 6. The van der Waals surface area contributed by atoms with Crippen molar-refractivity contribution in [3.05, 3.63) is 44.1 Å².